The lowest BCUT2D eigenvalue weighted by Crippen LogP contribution is -2.54. The van der Waals surface area contributed by atoms with Gasteiger partial charge in [0.15, 0.2) is 5.82 Å². The van der Waals surface area contributed by atoms with Crippen LogP contribution >= 0.6 is 0 Å². The van der Waals surface area contributed by atoms with Gasteiger partial charge in [-0.25, -0.2) is 4.79 Å². The Morgan fingerprint density at radius 3 is 2.36 bits per heavy atom. The van der Waals surface area contributed by atoms with Crippen LogP contribution in [-0.4, -0.2) is 32.7 Å². The molecule has 0 aromatic carbocycles. The number of rotatable bonds is 6. The molecular formula is C18H29N3O4. The molecule has 1 aromatic rings. The van der Waals surface area contributed by atoms with Crippen molar-refractivity contribution in [1.29, 1.82) is 0 Å². The van der Waals surface area contributed by atoms with Gasteiger partial charge in [0.05, 0.1) is 0 Å². The summed E-state index contributed by atoms with van der Waals surface area (Å²) in [5, 5.41) is 16.3. The van der Waals surface area contributed by atoms with E-state index in [9.17, 15) is 14.7 Å². The van der Waals surface area contributed by atoms with Crippen molar-refractivity contribution >= 4 is 11.9 Å². The molecule has 0 radical (unpaired) electrons. The minimum atomic E-state index is -1.10. The van der Waals surface area contributed by atoms with E-state index in [1.165, 1.54) is 0 Å². The Balaban J connectivity index is 1.85. The Kier molecular flexibility index (Phi) is 6.19. The number of amides is 1. The smallest absolute Gasteiger partial charge is 0.329 e. The molecule has 1 aliphatic rings. The molecule has 25 heavy (non-hydrogen) atoms. The van der Waals surface area contributed by atoms with E-state index >= 15 is 0 Å². The molecule has 0 atom stereocenters. The van der Waals surface area contributed by atoms with Crippen molar-refractivity contribution in [2.24, 2.45) is 0 Å². The van der Waals surface area contributed by atoms with Crippen LogP contribution in [0.1, 0.15) is 83.9 Å². The van der Waals surface area contributed by atoms with Gasteiger partial charge in [0.1, 0.15) is 5.54 Å². The van der Waals surface area contributed by atoms with Gasteiger partial charge in [-0.05, 0) is 19.3 Å². The fourth-order valence-electron chi connectivity index (χ4n) is 3.12. The third-order valence-electron chi connectivity index (χ3n) is 4.68. The van der Waals surface area contributed by atoms with Crippen molar-refractivity contribution in [3.63, 3.8) is 0 Å². The topological polar surface area (TPSA) is 105 Å². The number of nitrogens with zero attached hydrogens (tertiary/aromatic N) is 2. The third kappa shape index (κ3) is 5.28. The number of nitrogens with one attached hydrogen (secondary N) is 1. The zero-order valence-electron chi connectivity index (χ0n) is 15.4. The molecular weight excluding hydrogens is 322 g/mol. The summed E-state index contributed by atoms with van der Waals surface area (Å²) in [4.78, 5) is 28.3. The lowest BCUT2D eigenvalue weighted by Gasteiger charge is -2.29. The number of aliphatic carboxylic acids is 1. The number of carbonyl (C=O) groups is 2. The Morgan fingerprint density at radius 1 is 1.20 bits per heavy atom. The van der Waals surface area contributed by atoms with Crippen LogP contribution in [-0.2, 0) is 21.4 Å². The number of carboxylic acid groups (broad SMARTS) is 1. The van der Waals surface area contributed by atoms with Crippen LogP contribution in [0.15, 0.2) is 4.52 Å². The maximum Gasteiger partial charge on any atom is 0.329 e. The van der Waals surface area contributed by atoms with E-state index < -0.39 is 11.5 Å². The fraction of sp³-hybridized carbons (Fsp3) is 0.778. The number of aryl methyl sites for hydroxylation is 1. The monoisotopic (exact) mass is 351 g/mol. The summed E-state index contributed by atoms with van der Waals surface area (Å²) in [5.74, 6) is 0.0182. The number of carbonyl (C=O) groups excluding carboxylic acids is 1. The van der Waals surface area contributed by atoms with E-state index in [0.29, 0.717) is 37.4 Å². The molecule has 1 aliphatic carbocycles. The van der Waals surface area contributed by atoms with Crippen LogP contribution in [0.3, 0.4) is 0 Å². The summed E-state index contributed by atoms with van der Waals surface area (Å²) >= 11 is 0. The second-order valence-corrected chi connectivity index (χ2v) is 7.96. The molecule has 0 aliphatic heterocycles. The summed E-state index contributed by atoms with van der Waals surface area (Å²) in [7, 11) is 0. The lowest BCUT2D eigenvalue weighted by atomic mass is 9.90. The SMILES string of the molecule is CC(C)(C)c1noc(CCCC(=O)NC2(C(=O)O)CCCCCC2)n1. The highest BCUT2D eigenvalue weighted by Gasteiger charge is 2.39. The normalized spacial score (nSPS) is 17.7. The quantitative estimate of drug-likeness (QED) is 0.763. The maximum atomic E-state index is 12.2. The maximum absolute atomic E-state index is 12.2. The summed E-state index contributed by atoms with van der Waals surface area (Å²) < 4.78 is 5.21. The molecule has 0 unspecified atom stereocenters. The zero-order chi connectivity index (χ0) is 18.5. The van der Waals surface area contributed by atoms with Crippen molar-refractivity contribution < 1.29 is 19.2 Å². The predicted molar refractivity (Wildman–Crippen MR) is 92.1 cm³/mol. The second-order valence-electron chi connectivity index (χ2n) is 7.96. The standard InChI is InChI=1S/C18H29N3O4/c1-17(2,3)15-19-14(25-21-15)10-8-9-13(22)20-18(16(23)24)11-6-4-5-7-12-18/h4-12H2,1-3H3,(H,20,22)(H,23,24). The van der Waals surface area contributed by atoms with Crippen molar-refractivity contribution in [2.75, 3.05) is 0 Å². The molecule has 0 spiro atoms. The highest BCUT2D eigenvalue weighted by Crippen LogP contribution is 2.27. The zero-order valence-corrected chi connectivity index (χ0v) is 15.4. The largest absolute Gasteiger partial charge is 0.480 e. The molecule has 7 nitrogen and oxygen atoms in total. The Bertz CT molecular complexity index is 596. The van der Waals surface area contributed by atoms with Gasteiger partial charge in [-0.3, -0.25) is 4.79 Å². The second kappa shape index (κ2) is 7.97. The highest BCUT2D eigenvalue weighted by atomic mass is 16.5. The molecule has 0 saturated heterocycles. The average Bonchev–Trinajstić information content (AvgIpc) is 2.87. The summed E-state index contributed by atoms with van der Waals surface area (Å²) in [6.45, 7) is 6.02. The van der Waals surface area contributed by atoms with Gasteiger partial charge >= 0.3 is 5.97 Å². The van der Waals surface area contributed by atoms with E-state index in [1.54, 1.807) is 0 Å². The van der Waals surface area contributed by atoms with Crippen molar-refractivity contribution in [3.05, 3.63) is 11.7 Å². The molecule has 1 heterocycles. The first-order valence-electron chi connectivity index (χ1n) is 9.10. The van der Waals surface area contributed by atoms with Crippen LogP contribution in [0, 0.1) is 0 Å². The Hall–Kier alpha value is -1.92. The molecule has 1 amide bonds. The van der Waals surface area contributed by atoms with E-state index in [4.69, 9.17) is 4.52 Å². The van der Waals surface area contributed by atoms with Gasteiger partial charge in [0, 0.05) is 18.3 Å². The van der Waals surface area contributed by atoms with Crippen LogP contribution < -0.4 is 5.32 Å². The third-order valence-corrected chi connectivity index (χ3v) is 4.68. The van der Waals surface area contributed by atoms with Crippen molar-refractivity contribution in [2.45, 2.75) is 89.5 Å². The number of hydrogen-bond acceptors (Lipinski definition) is 5. The van der Waals surface area contributed by atoms with Gasteiger partial charge < -0.3 is 14.9 Å². The first-order valence-corrected chi connectivity index (χ1v) is 9.10. The van der Waals surface area contributed by atoms with E-state index in [0.717, 1.165) is 25.7 Å². The van der Waals surface area contributed by atoms with Gasteiger partial charge in [-0.2, -0.15) is 4.98 Å². The fourth-order valence-corrected chi connectivity index (χ4v) is 3.12. The first-order chi connectivity index (χ1) is 11.7. The first kappa shape index (κ1) is 19.4. The summed E-state index contributed by atoms with van der Waals surface area (Å²) in [5.41, 5.74) is -1.27. The highest BCUT2D eigenvalue weighted by molar-refractivity contribution is 5.87. The van der Waals surface area contributed by atoms with Crippen LogP contribution in [0.5, 0.6) is 0 Å². The lowest BCUT2D eigenvalue weighted by molar-refractivity contribution is -0.148. The van der Waals surface area contributed by atoms with Gasteiger partial charge in [-0.1, -0.05) is 51.6 Å². The minimum Gasteiger partial charge on any atom is -0.480 e. The summed E-state index contributed by atoms with van der Waals surface area (Å²) in [6, 6.07) is 0. The molecule has 7 heteroatoms. The Morgan fingerprint density at radius 2 is 1.84 bits per heavy atom. The van der Waals surface area contributed by atoms with Gasteiger partial charge in [0.2, 0.25) is 11.8 Å². The molecule has 140 valence electrons. The predicted octanol–water partition coefficient (Wildman–Crippen LogP) is 2.98. The summed E-state index contributed by atoms with van der Waals surface area (Å²) in [6.07, 6.45) is 6.05. The van der Waals surface area contributed by atoms with Gasteiger partial charge in [0.25, 0.3) is 0 Å². The van der Waals surface area contributed by atoms with E-state index in [2.05, 4.69) is 15.5 Å². The molecule has 1 saturated carbocycles. The minimum absolute atomic E-state index is 0.174. The number of hydrogen-bond donors (Lipinski definition) is 2. The molecule has 1 fully saturated rings. The number of carboxylic acids is 1. The molecule has 1 aromatic heterocycles. The Labute approximate surface area is 148 Å². The van der Waals surface area contributed by atoms with Crippen LogP contribution in [0.2, 0.25) is 0 Å². The van der Waals surface area contributed by atoms with Crippen molar-refractivity contribution in [3.8, 4) is 0 Å². The van der Waals surface area contributed by atoms with Crippen molar-refractivity contribution in [1.82, 2.24) is 15.5 Å². The van der Waals surface area contributed by atoms with E-state index in [1.807, 2.05) is 20.8 Å². The molecule has 2 N–H and O–H groups in total. The van der Waals surface area contributed by atoms with Crippen LogP contribution in [0.25, 0.3) is 0 Å². The van der Waals surface area contributed by atoms with E-state index in [-0.39, 0.29) is 17.7 Å². The van der Waals surface area contributed by atoms with Crippen LogP contribution in [0.4, 0.5) is 0 Å². The molecule has 0 bridgehead atoms. The number of aromatic nitrogens is 2. The molecule has 2 rings (SSSR count). The van der Waals surface area contributed by atoms with Gasteiger partial charge in [-0.15, -0.1) is 0 Å². The average molecular weight is 351 g/mol.